The molecule has 0 radical (unpaired) electrons. The van der Waals surface area contributed by atoms with E-state index in [1.165, 1.54) is 0 Å². The number of H-pyrrole nitrogens is 1. The van der Waals surface area contributed by atoms with Crippen LogP contribution in [0.5, 0.6) is 0 Å². The smallest absolute Gasteiger partial charge is 0.275 e. The molecule has 4 aromatic heterocycles. The fraction of sp³-hybridized carbons (Fsp3) is 0.200. The van der Waals surface area contributed by atoms with Crippen molar-refractivity contribution in [2.45, 2.75) is 6.92 Å². The predicted molar refractivity (Wildman–Crippen MR) is 85.0 cm³/mol. The zero-order valence-electron chi connectivity index (χ0n) is 13.0. The fourth-order valence-electron chi connectivity index (χ4n) is 2.70. The van der Waals surface area contributed by atoms with Gasteiger partial charge in [-0.2, -0.15) is 5.10 Å². The third-order valence-corrected chi connectivity index (χ3v) is 3.83. The molecule has 0 aliphatic rings. The summed E-state index contributed by atoms with van der Waals surface area (Å²) in [5, 5.41) is 8.88. The second-order valence-electron chi connectivity index (χ2n) is 5.56. The van der Waals surface area contributed by atoms with E-state index in [-0.39, 0.29) is 5.56 Å². The van der Waals surface area contributed by atoms with Crippen molar-refractivity contribution in [3.05, 3.63) is 46.9 Å². The minimum Gasteiger partial charge on any atom is -0.340 e. The van der Waals surface area contributed by atoms with E-state index in [0.717, 1.165) is 16.8 Å². The molecule has 0 aromatic carbocycles. The number of aryl methyl sites for hydroxylation is 3. The van der Waals surface area contributed by atoms with Gasteiger partial charge in [-0.25, -0.2) is 9.50 Å². The molecule has 116 valence electrons. The van der Waals surface area contributed by atoms with Crippen LogP contribution in [0.1, 0.15) is 5.56 Å². The highest BCUT2D eigenvalue weighted by Gasteiger charge is 2.16. The first-order valence-corrected chi connectivity index (χ1v) is 7.13. The monoisotopic (exact) mass is 309 g/mol. The van der Waals surface area contributed by atoms with Gasteiger partial charge in [-0.1, -0.05) is 0 Å². The third-order valence-electron chi connectivity index (χ3n) is 3.83. The maximum atomic E-state index is 12.5. The standard InChI is InChI=1S/C15H15N7O/c1-9-10(11-4-5-21(3)18-11)6-22-13(9)15(23)17-14(19-22)12-7-20(2)8-16-12/h4-8H,1-3H3,(H,17,19,23). The summed E-state index contributed by atoms with van der Waals surface area (Å²) in [6.45, 7) is 1.90. The Balaban J connectivity index is 1.95. The number of hydrogen-bond acceptors (Lipinski definition) is 4. The predicted octanol–water partition coefficient (Wildman–Crippen LogP) is 1.13. The molecule has 0 saturated heterocycles. The van der Waals surface area contributed by atoms with Crippen molar-refractivity contribution in [2.75, 3.05) is 0 Å². The van der Waals surface area contributed by atoms with Gasteiger partial charge in [0.2, 0.25) is 0 Å². The zero-order chi connectivity index (χ0) is 16.1. The molecule has 1 N–H and O–H groups in total. The Bertz CT molecular complexity index is 1080. The first-order chi connectivity index (χ1) is 11.0. The number of imidazole rings is 1. The SMILES string of the molecule is Cc1c(-c2ccn(C)n2)cn2nc(-c3cn(C)cn3)[nH]c(=O)c12. The lowest BCUT2D eigenvalue weighted by molar-refractivity contribution is 0.770. The molecular formula is C15H15N7O. The van der Waals surface area contributed by atoms with Gasteiger partial charge >= 0.3 is 0 Å². The molecule has 0 bridgehead atoms. The van der Waals surface area contributed by atoms with Crippen LogP contribution in [0.4, 0.5) is 0 Å². The Hall–Kier alpha value is -3.16. The Morgan fingerprint density at radius 3 is 2.61 bits per heavy atom. The minimum atomic E-state index is -0.194. The van der Waals surface area contributed by atoms with Gasteiger partial charge in [0, 0.05) is 38.2 Å². The van der Waals surface area contributed by atoms with Crippen LogP contribution in [-0.2, 0) is 14.1 Å². The summed E-state index contributed by atoms with van der Waals surface area (Å²) >= 11 is 0. The topological polar surface area (TPSA) is 85.8 Å². The van der Waals surface area contributed by atoms with E-state index < -0.39 is 0 Å². The van der Waals surface area contributed by atoms with Crippen molar-refractivity contribution in [2.24, 2.45) is 14.1 Å². The molecule has 4 rings (SSSR count). The van der Waals surface area contributed by atoms with Gasteiger partial charge in [-0.3, -0.25) is 9.48 Å². The molecule has 0 unspecified atom stereocenters. The van der Waals surface area contributed by atoms with Gasteiger partial charge in [0.1, 0.15) is 11.2 Å². The van der Waals surface area contributed by atoms with E-state index in [9.17, 15) is 4.79 Å². The normalized spacial score (nSPS) is 11.4. The Morgan fingerprint density at radius 2 is 1.96 bits per heavy atom. The lowest BCUT2D eigenvalue weighted by Gasteiger charge is -1.98. The number of aromatic nitrogens is 7. The minimum absolute atomic E-state index is 0.194. The molecule has 0 aliphatic carbocycles. The zero-order valence-corrected chi connectivity index (χ0v) is 13.0. The molecule has 8 heteroatoms. The van der Waals surface area contributed by atoms with Crippen LogP contribution in [0, 0.1) is 6.92 Å². The van der Waals surface area contributed by atoms with Gasteiger partial charge in [0.25, 0.3) is 5.56 Å². The van der Waals surface area contributed by atoms with Crippen LogP contribution in [0.2, 0.25) is 0 Å². The van der Waals surface area contributed by atoms with Crippen LogP contribution in [0.25, 0.3) is 28.3 Å². The van der Waals surface area contributed by atoms with Gasteiger partial charge in [-0.15, -0.1) is 5.10 Å². The molecule has 0 aliphatic heterocycles. The van der Waals surface area contributed by atoms with Crippen LogP contribution in [0.15, 0.2) is 35.8 Å². The highest BCUT2D eigenvalue weighted by Crippen LogP contribution is 2.25. The van der Waals surface area contributed by atoms with Gasteiger partial charge in [0.05, 0.1) is 12.0 Å². The molecule has 4 heterocycles. The average molecular weight is 309 g/mol. The van der Waals surface area contributed by atoms with E-state index in [4.69, 9.17) is 0 Å². The second kappa shape index (κ2) is 4.67. The van der Waals surface area contributed by atoms with Crippen molar-refractivity contribution in [3.63, 3.8) is 0 Å². The number of rotatable bonds is 2. The second-order valence-corrected chi connectivity index (χ2v) is 5.56. The number of aromatic amines is 1. The average Bonchev–Trinajstić information content (AvgIpc) is 3.19. The summed E-state index contributed by atoms with van der Waals surface area (Å²) in [6, 6.07) is 1.91. The Kier molecular flexibility index (Phi) is 2.74. The fourth-order valence-corrected chi connectivity index (χ4v) is 2.70. The van der Waals surface area contributed by atoms with Crippen LogP contribution in [-0.4, -0.2) is 33.9 Å². The number of nitrogens with zero attached hydrogens (tertiary/aromatic N) is 6. The lowest BCUT2D eigenvalue weighted by Crippen LogP contribution is -2.14. The molecule has 0 spiro atoms. The maximum Gasteiger partial charge on any atom is 0.275 e. The summed E-state index contributed by atoms with van der Waals surface area (Å²) in [6.07, 6.45) is 7.17. The van der Waals surface area contributed by atoms with Crippen LogP contribution < -0.4 is 5.56 Å². The van der Waals surface area contributed by atoms with E-state index in [2.05, 4.69) is 20.2 Å². The van der Waals surface area contributed by atoms with Crippen LogP contribution in [0.3, 0.4) is 0 Å². The highest BCUT2D eigenvalue weighted by molar-refractivity contribution is 5.73. The first-order valence-electron chi connectivity index (χ1n) is 7.13. The van der Waals surface area contributed by atoms with Crippen molar-refractivity contribution in [1.82, 2.24) is 33.9 Å². The van der Waals surface area contributed by atoms with E-state index in [1.54, 1.807) is 26.3 Å². The molecule has 0 fully saturated rings. The first kappa shape index (κ1) is 13.5. The van der Waals surface area contributed by atoms with Crippen LogP contribution >= 0.6 is 0 Å². The lowest BCUT2D eigenvalue weighted by atomic mass is 10.1. The summed E-state index contributed by atoms with van der Waals surface area (Å²) in [5.41, 5.74) is 3.50. The number of fused-ring (bicyclic) bond motifs is 1. The van der Waals surface area contributed by atoms with Gasteiger partial charge in [-0.05, 0) is 18.6 Å². The van der Waals surface area contributed by atoms with E-state index in [1.807, 2.05) is 39.5 Å². The van der Waals surface area contributed by atoms with Crippen molar-refractivity contribution in [3.8, 4) is 22.8 Å². The van der Waals surface area contributed by atoms with Crippen molar-refractivity contribution < 1.29 is 0 Å². The Labute approximate surface area is 131 Å². The molecular weight excluding hydrogens is 294 g/mol. The molecule has 4 aromatic rings. The van der Waals surface area contributed by atoms with E-state index in [0.29, 0.717) is 17.0 Å². The van der Waals surface area contributed by atoms with Crippen molar-refractivity contribution >= 4 is 5.52 Å². The molecule has 0 saturated carbocycles. The third kappa shape index (κ3) is 2.07. The largest absolute Gasteiger partial charge is 0.340 e. The maximum absolute atomic E-state index is 12.5. The Morgan fingerprint density at radius 1 is 1.13 bits per heavy atom. The van der Waals surface area contributed by atoms with Crippen molar-refractivity contribution in [1.29, 1.82) is 0 Å². The van der Waals surface area contributed by atoms with Gasteiger partial charge in [0.15, 0.2) is 5.82 Å². The summed E-state index contributed by atoms with van der Waals surface area (Å²) in [5.74, 6) is 0.436. The molecule has 0 atom stereocenters. The number of nitrogens with one attached hydrogen (secondary N) is 1. The van der Waals surface area contributed by atoms with Gasteiger partial charge < -0.3 is 9.55 Å². The molecule has 23 heavy (non-hydrogen) atoms. The molecule has 0 amide bonds. The quantitative estimate of drug-likeness (QED) is 0.601. The number of hydrogen-bond donors (Lipinski definition) is 1. The highest BCUT2D eigenvalue weighted by atomic mass is 16.1. The summed E-state index contributed by atoms with van der Waals surface area (Å²) in [4.78, 5) is 19.5. The summed E-state index contributed by atoms with van der Waals surface area (Å²) in [7, 11) is 3.73. The summed E-state index contributed by atoms with van der Waals surface area (Å²) < 4.78 is 5.13. The van der Waals surface area contributed by atoms with E-state index >= 15 is 0 Å². The molecule has 8 nitrogen and oxygen atoms in total.